The van der Waals surface area contributed by atoms with Crippen LogP contribution in [0.25, 0.3) is 0 Å². The Hall–Kier alpha value is -0.770. The summed E-state index contributed by atoms with van der Waals surface area (Å²) in [6.45, 7) is 12.4. The van der Waals surface area contributed by atoms with E-state index in [1.54, 1.807) is 4.90 Å². The number of nitrogens with two attached hydrogens (primary N) is 1. The van der Waals surface area contributed by atoms with Gasteiger partial charge in [0.2, 0.25) is 0 Å². The molecule has 0 rings (SSSR count). The van der Waals surface area contributed by atoms with Gasteiger partial charge in [-0.05, 0) is 25.7 Å². The lowest BCUT2D eigenvalue weighted by atomic mass is 9.88. The topological polar surface area (TPSA) is 58.4 Å². The van der Waals surface area contributed by atoms with E-state index in [2.05, 4.69) is 26.1 Å². The number of hydrogen-bond donors (Lipinski definition) is 2. The molecule has 0 bridgehead atoms. The summed E-state index contributed by atoms with van der Waals surface area (Å²) in [6.07, 6.45) is 0.908. The molecule has 0 aromatic carbocycles. The van der Waals surface area contributed by atoms with Crippen molar-refractivity contribution in [2.75, 3.05) is 19.6 Å². The smallest absolute Gasteiger partial charge is 0.317 e. The molecule has 0 heterocycles. The van der Waals surface area contributed by atoms with Gasteiger partial charge in [0, 0.05) is 25.7 Å². The third-order valence-corrected chi connectivity index (χ3v) is 2.44. The van der Waals surface area contributed by atoms with Crippen molar-refractivity contribution in [1.29, 1.82) is 0 Å². The van der Waals surface area contributed by atoms with Crippen LogP contribution in [0.5, 0.6) is 0 Å². The van der Waals surface area contributed by atoms with Gasteiger partial charge in [-0.25, -0.2) is 4.79 Å². The molecule has 16 heavy (non-hydrogen) atoms. The van der Waals surface area contributed by atoms with E-state index in [9.17, 15) is 4.79 Å². The van der Waals surface area contributed by atoms with E-state index in [0.717, 1.165) is 19.5 Å². The van der Waals surface area contributed by atoms with E-state index in [-0.39, 0.29) is 17.5 Å². The Labute approximate surface area is 99.6 Å². The first-order valence-corrected chi connectivity index (χ1v) is 6.08. The molecule has 0 spiro atoms. The molecule has 3 N–H and O–H groups in total. The number of nitrogens with zero attached hydrogens (tertiary/aromatic N) is 1. The number of rotatable bonds is 5. The minimum atomic E-state index is -0.0191. The molecule has 0 aromatic rings. The highest BCUT2D eigenvalue weighted by Crippen LogP contribution is 2.19. The van der Waals surface area contributed by atoms with Crippen LogP contribution in [0, 0.1) is 5.41 Å². The Morgan fingerprint density at radius 3 is 2.19 bits per heavy atom. The van der Waals surface area contributed by atoms with Crippen LogP contribution < -0.4 is 11.1 Å². The number of urea groups is 1. The van der Waals surface area contributed by atoms with Crippen LogP contribution in [-0.2, 0) is 0 Å². The zero-order valence-corrected chi connectivity index (χ0v) is 11.3. The monoisotopic (exact) mass is 229 g/mol. The molecular weight excluding hydrogens is 202 g/mol. The molecule has 0 aliphatic carbocycles. The molecule has 2 amide bonds. The highest BCUT2D eigenvalue weighted by Gasteiger charge is 2.17. The third kappa shape index (κ3) is 6.67. The molecule has 1 atom stereocenters. The first-order valence-electron chi connectivity index (χ1n) is 6.08. The maximum absolute atomic E-state index is 11.6. The quantitative estimate of drug-likeness (QED) is 0.755. The molecule has 96 valence electrons. The molecule has 0 fully saturated rings. The first kappa shape index (κ1) is 15.2. The van der Waals surface area contributed by atoms with Gasteiger partial charge in [-0.1, -0.05) is 20.8 Å². The first-order chi connectivity index (χ1) is 7.30. The fraction of sp³-hybridized carbons (Fsp3) is 0.917. The van der Waals surface area contributed by atoms with Gasteiger partial charge in [0.25, 0.3) is 0 Å². The van der Waals surface area contributed by atoms with Gasteiger partial charge in [-0.15, -0.1) is 0 Å². The SMILES string of the molecule is CCN(CC)C(=O)NCC(N)CC(C)(C)C. The second-order valence-electron chi connectivity index (χ2n) is 5.38. The zero-order valence-electron chi connectivity index (χ0n) is 11.3. The third-order valence-electron chi connectivity index (χ3n) is 2.44. The summed E-state index contributed by atoms with van der Waals surface area (Å²) in [5.74, 6) is 0. The van der Waals surface area contributed by atoms with Crippen LogP contribution in [0.15, 0.2) is 0 Å². The highest BCUT2D eigenvalue weighted by molar-refractivity contribution is 5.74. The minimum Gasteiger partial charge on any atom is -0.336 e. The van der Waals surface area contributed by atoms with Crippen LogP contribution in [0.1, 0.15) is 41.0 Å². The van der Waals surface area contributed by atoms with Crippen LogP contribution in [-0.4, -0.2) is 36.6 Å². The average molecular weight is 229 g/mol. The van der Waals surface area contributed by atoms with Gasteiger partial charge in [-0.2, -0.15) is 0 Å². The van der Waals surface area contributed by atoms with E-state index >= 15 is 0 Å². The highest BCUT2D eigenvalue weighted by atomic mass is 16.2. The fourth-order valence-corrected chi connectivity index (χ4v) is 1.70. The van der Waals surface area contributed by atoms with Crippen molar-refractivity contribution >= 4 is 6.03 Å². The standard InChI is InChI=1S/C12H27N3O/c1-6-15(7-2)11(16)14-9-10(13)8-12(3,4)5/h10H,6-9,13H2,1-5H3,(H,14,16). The molecule has 0 aliphatic rings. The van der Waals surface area contributed by atoms with Crippen LogP contribution in [0.3, 0.4) is 0 Å². The number of carbonyl (C=O) groups excluding carboxylic acids is 1. The van der Waals surface area contributed by atoms with Crippen molar-refractivity contribution < 1.29 is 4.79 Å². The van der Waals surface area contributed by atoms with Crippen molar-refractivity contribution in [1.82, 2.24) is 10.2 Å². The number of hydrogen-bond acceptors (Lipinski definition) is 2. The zero-order chi connectivity index (χ0) is 12.8. The predicted octanol–water partition coefficient (Wildman–Crippen LogP) is 1.80. The van der Waals surface area contributed by atoms with Gasteiger partial charge in [0.1, 0.15) is 0 Å². The number of nitrogens with one attached hydrogen (secondary N) is 1. The van der Waals surface area contributed by atoms with Crippen molar-refractivity contribution in [3.63, 3.8) is 0 Å². The average Bonchev–Trinajstić information content (AvgIpc) is 2.14. The lowest BCUT2D eigenvalue weighted by molar-refractivity contribution is 0.201. The maximum atomic E-state index is 11.6. The molecule has 0 aliphatic heterocycles. The Kier molecular flexibility index (Phi) is 6.41. The number of carbonyl (C=O) groups is 1. The van der Waals surface area contributed by atoms with E-state index in [1.807, 2.05) is 13.8 Å². The largest absolute Gasteiger partial charge is 0.336 e. The lowest BCUT2D eigenvalue weighted by Gasteiger charge is -2.25. The lowest BCUT2D eigenvalue weighted by Crippen LogP contribution is -2.45. The van der Waals surface area contributed by atoms with Gasteiger partial charge >= 0.3 is 6.03 Å². The normalized spacial score (nSPS) is 13.4. The van der Waals surface area contributed by atoms with Crippen LogP contribution in [0.4, 0.5) is 4.79 Å². The second-order valence-corrected chi connectivity index (χ2v) is 5.38. The molecule has 0 saturated carbocycles. The van der Waals surface area contributed by atoms with Gasteiger partial charge in [0.15, 0.2) is 0 Å². The van der Waals surface area contributed by atoms with E-state index in [0.29, 0.717) is 6.54 Å². The van der Waals surface area contributed by atoms with Crippen molar-refractivity contribution in [2.45, 2.75) is 47.1 Å². The minimum absolute atomic E-state index is 0.0191. The van der Waals surface area contributed by atoms with Crippen molar-refractivity contribution in [2.24, 2.45) is 11.1 Å². The number of amides is 2. The van der Waals surface area contributed by atoms with Gasteiger partial charge in [-0.3, -0.25) is 0 Å². The molecular formula is C12H27N3O. The Balaban J connectivity index is 3.92. The van der Waals surface area contributed by atoms with Crippen LogP contribution >= 0.6 is 0 Å². The molecule has 0 saturated heterocycles. The molecule has 0 radical (unpaired) electrons. The summed E-state index contributed by atoms with van der Waals surface area (Å²) in [6, 6.07) is 0.00821. The van der Waals surface area contributed by atoms with E-state index in [1.165, 1.54) is 0 Å². The Bertz CT molecular complexity index is 207. The Morgan fingerprint density at radius 2 is 1.81 bits per heavy atom. The van der Waals surface area contributed by atoms with E-state index < -0.39 is 0 Å². The summed E-state index contributed by atoms with van der Waals surface area (Å²) in [7, 11) is 0. The van der Waals surface area contributed by atoms with Gasteiger partial charge < -0.3 is 16.0 Å². The van der Waals surface area contributed by atoms with Gasteiger partial charge in [0.05, 0.1) is 0 Å². The Morgan fingerprint density at radius 1 is 1.31 bits per heavy atom. The molecule has 4 nitrogen and oxygen atoms in total. The molecule has 4 heteroatoms. The van der Waals surface area contributed by atoms with Crippen molar-refractivity contribution in [3.8, 4) is 0 Å². The molecule has 0 aromatic heterocycles. The van der Waals surface area contributed by atoms with Crippen LogP contribution in [0.2, 0.25) is 0 Å². The summed E-state index contributed by atoms with van der Waals surface area (Å²) >= 11 is 0. The summed E-state index contributed by atoms with van der Waals surface area (Å²) in [5, 5.41) is 2.87. The predicted molar refractivity (Wildman–Crippen MR) is 68.4 cm³/mol. The summed E-state index contributed by atoms with van der Waals surface area (Å²) in [5.41, 5.74) is 6.17. The fourth-order valence-electron chi connectivity index (χ4n) is 1.70. The summed E-state index contributed by atoms with van der Waals surface area (Å²) in [4.78, 5) is 13.4. The van der Waals surface area contributed by atoms with Crippen molar-refractivity contribution in [3.05, 3.63) is 0 Å². The summed E-state index contributed by atoms with van der Waals surface area (Å²) < 4.78 is 0. The van der Waals surface area contributed by atoms with E-state index in [4.69, 9.17) is 5.73 Å². The second kappa shape index (κ2) is 6.74. The maximum Gasteiger partial charge on any atom is 0.317 e. The molecule has 1 unspecified atom stereocenters.